The molecule has 160 valence electrons. The van der Waals surface area contributed by atoms with Gasteiger partial charge >= 0.3 is 0 Å². The molecule has 5 rings (SSSR count). The molecule has 0 N–H and O–H groups in total. The van der Waals surface area contributed by atoms with Crippen molar-refractivity contribution >= 4 is 16.8 Å². The van der Waals surface area contributed by atoms with Crippen molar-refractivity contribution < 1.29 is 4.42 Å². The second-order valence-corrected chi connectivity index (χ2v) is 8.44. The van der Waals surface area contributed by atoms with Crippen LogP contribution in [0.2, 0.25) is 0 Å². The molecule has 1 saturated heterocycles. The third-order valence-electron chi connectivity index (χ3n) is 6.10. The lowest BCUT2D eigenvalue weighted by Gasteiger charge is -2.22. The molecule has 0 amide bonds. The Balaban J connectivity index is 1.75. The number of likely N-dealkylation sites (N-methyl/N-ethyl adjacent to an activating group) is 1. The van der Waals surface area contributed by atoms with E-state index < -0.39 is 0 Å². The van der Waals surface area contributed by atoms with Crippen molar-refractivity contribution in [2.24, 2.45) is 0 Å². The highest BCUT2D eigenvalue weighted by Gasteiger charge is 2.29. The maximum Gasteiger partial charge on any atom is 0.247 e. The van der Waals surface area contributed by atoms with Gasteiger partial charge in [-0.3, -0.25) is 4.98 Å². The number of aromatic nitrogens is 3. The van der Waals surface area contributed by atoms with Crippen molar-refractivity contribution in [3.8, 4) is 28.8 Å². The number of aryl methyl sites for hydroxylation is 1. The van der Waals surface area contributed by atoms with Crippen LogP contribution in [0.15, 0.2) is 53.3 Å². The van der Waals surface area contributed by atoms with Crippen LogP contribution in [0.4, 0.5) is 5.69 Å². The highest BCUT2D eigenvalue weighted by molar-refractivity contribution is 5.98. The van der Waals surface area contributed by atoms with E-state index in [9.17, 15) is 5.26 Å². The maximum atomic E-state index is 10.1. The van der Waals surface area contributed by atoms with Gasteiger partial charge in [-0.1, -0.05) is 29.8 Å². The number of rotatable bonds is 4. The number of oxazole rings is 1. The van der Waals surface area contributed by atoms with Crippen LogP contribution in [-0.2, 0) is 0 Å². The van der Waals surface area contributed by atoms with Crippen LogP contribution < -0.4 is 4.90 Å². The average molecular weight is 425 g/mol. The second kappa shape index (κ2) is 8.06. The smallest absolute Gasteiger partial charge is 0.247 e. The van der Waals surface area contributed by atoms with Crippen LogP contribution in [0.25, 0.3) is 33.8 Å². The number of benzene rings is 2. The first kappa shape index (κ1) is 20.2. The third-order valence-corrected chi connectivity index (χ3v) is 6.10. The van der Waals surface area contributed by atoms with Gasteiger partial charge in [0.25, 0.3) is 0 Å². The molecule has 4 aromatic rings. The van der Waals surface area contributed by atoms with Crippen LogP contribution in [0.3, 0.4) is 0 Å². The summed E-state index contributed by atoms with van der Waals surface area (Å²) in [6.45, 7) is 3.86. The summed E-state index contributed by atoms with van der Waals surface area (Å²) in [5, 5.41) is 10.1. The molecule has 1 fully saturated rings. The quantitative estimate of drug-likeness (QED) is 0.484. The summed E-state index contributed by atoms with van der Waals surface area (Å²) in [6.07, 6.45) is 5.91. The lowest BCUT2D eigenvalue weighted by atomic mass is 9.96. The predicted molar refractivity (Wildman–Crippen MR) is 124 cm³/mol. The number of fused-ring (bicyclic) bond motifs is 1. The lowest BCUT2D eigenvalue weighted by molar-refractivity contribution is 0.315. The molecule has 0 unspecified atom stereocenters. The first-order chi connectivity index (χ1) is 15.5. The summed E-state index contributed by atoms with van der Waals surface area (Å²) in [6, 6.07) is 13.1. The summed E-state index contributed by atoms with van der Waals surface area (Å²) in [5.74, 6) is 0.371. The Morgan fingerprint density at radius 3 is 2.78 bits per heavy atom. The van der Waals surface area contributed by atoms with Crippen LogP contribution in [0.1, 0.15) is 17.5 Å². The Kier molecular flexibility index (Phi) is 5.08. The molecular weight excluding hydrogens is 400 g/mol. The maximum absolute atomic E-state index is 10.1. The van der Waals surface area contributed by atoms with Gasteiger partial charge in [0, 0.05) is 37.1 Å². The van der Waals surface area contributed by atoms with Crippen molar-refractivity contribution in [1.82, 2.24) is 19.9 Å². The third kappa shape index (κ3) is 3.49. The summed E-state index contributed by atoms with van der Waals surface area (Å²) < 4.78 is 6.23. The summed E-state index contributed by atoms with van der Waals surface area (Å²) in [5.41, 5.74) is 6.21. The molecule has 7 heteroatoms. The van der Waals surface area contributed by atoms with Gasteiger partial charge in [0.1, 0.15) is 17.3 Å². The van der Waals surface area contributed by atoms with E-state index in [1.54, 1.807) is 18.6 Å². The molecular formula is C25H24N6O. The number of anilines is 1. The van der Waals surface area contributed by atoms with E-state index >= 15 is 0 Å². The van der Waals surface area contributed by atoms with Crippen molar-refractivity contribution in [3.05, 3.63) is 60.0 Å². The monoisotopic (exact) mass is 424 g/mol. The predicted octanol–water partition coefficient (Wildman–Crippen LogP) is 4.27. The zero-order valence-corrected chi connectivity index (χ0v) is 18.4. The molecule has 0 bridgehead atoms. The van der Waals surface area contributed by atoms with Crippen LogP contribution in [0, 0.1) is 18.3 Å². The van der Waals surface area contributed by atoms with E-state index in [0.717, 1.165) is 41.9 Å². The molecule has 0 saturated carbocycles. The average Bonchev–Trinajstić information content (AvgIpc) is 3.47. The first-order valence-corrected chi connectivity index (χ1v) is 10.7. The van der Waals surface area contributed by atoms with E-state index in [-0.39, 0.29) is 0 Å². The molecule has 1 aliphatic rings. The minimum absolute atomic E-state index is 0.371. The molecule has 0 radical (unpaired) electrons. The van der Waals surface area contributed by atoms with Gasteiger partial charge in [-0.25, -0.2) is 9.97 Å². The Morgan fingerprint density at radius 2 is 2.09 bits per heavy atom. The zero-order valence-electron chi connectivity index (χ0n) is 18.4. The van der Waals surface area contributed by atoms with E-state index in [0.29, 0.717) is 34.3 Å². The van der Waals surface area contributed by atoms with Crippen LogP contribution in [0.5, 0.6) is 0 Å². The second-order valence-electron chi connectivity index (χ2n) is 8.44. The standard InChI is InChI=1S/C25H24N6O/c1-16-5-4-6-17(11-16)19-12-22(31-10-7-18(15-31)30(2)3)24-23(20(19)13-26)29-25(32-24)21-14-27-8-9-28-21/h4-6,8-9,11-12,14,18H,7,10,15H2,1-3H3/t18-/m0/s1. The number of hydrogen-bond acceptors (Lipinski definition) is 7. The van der Waals surface area contributed by atoms with Crippen molar-refractivity contribution in [2.75, 3.05) is 32.1 Å². The molecule has 2 aromatic heterocycles. The van der Waals surface area contributed by atoms with E-state index in [4.69, 9.17) is 9.40 Å². The Hall–Kier alpha value is -3.76. The van der Waals surface area contributed by atoms with E-state index in [1.165, 1.54) is 0 Å². The SMILES string of the molecule is Cc1cccc(-c2cc(N3CC[C@H](N(C)C)C3)c3oc(-c4cnccn4)nc3c2C#N)c1. The van der Waals surface area contributed by atoms with Crippen molar-refractivity contribution in [3.63, 3.8) is 0 Å². The topological polar surface area (TPSA) is 82.1 Å². The number of nitriles is 1. The molecule has 32 heavy (non-hydrogen) atoms. The molecule has 0 spiro atoms. The van der Waals surface area contributed by atoms with Gasteiger partial charge in [0.2, 0.25) is 5.89 Å². The molecule has 7 nitrogen and oxygen atoms in total. The van der Waals surface area contributed by atoms with E-state index in [2.05, 4.69) is 65.1 Å². The van der Waals surface area contributed by atoms with Gasteiger partial charge in [0.15, 0.2) is 5.58 Å². The Bertz CT molecular complexity index is 1320. The molecule has 0 aliphatic carbocycles. The lowest BCUT2D eigenvalue weighted by Crippen LogP contribution is -2.31. The molecule has 1 aliphatic heterocycles. The highest BCUT2D eigenvalue weighted by atomic mass is 16.3. The highest BCUT2D eigenvalue weighted by Crippen LogP contribution is 2.40. The fourth-order valence-corrected chi connectivity index (χ4v) is 4.35. The fourth-order valence-electron chi connectivity index (χ4n) is 4.35. The van der Waals surface area contributed by atoms with Crippen molar-refractivity contribution in [1.29, 1.82) is 5.26 Å². The number of hydrogen-bond donors (Lipinski definition) is 0. The normalized spacial score (nSPS) is 16.1. The minimum Gasteiger partial charge on any atom is -0.432 e. The summed E-state index contributed by atoms with van der Waals surface area (Å²) in [7, 11) is 4.22. The van der Waals surface area contributed by atoms with Gasteiger partial charge in [-0.05, 0) is 39.1 Å². The summed E-state index contributed by atoms with van der Waals surface area (Å²) >= 11 is 0. The van der Waals surface area contributed by atoms with Gasteiger partial charge in [0.05, 0.1) is 17.4 Å². The van der Waals surface area contributed by atoms with Crippen LogP contribution in [-0.4, -0.2) is 53.1 Å². The summed E-state index contributed by atoms with van der Waals surface area (Å²) in [4.78, 5) is 17.8. The van der Waals surface area contributed by atoms with E-state index in [1.807, 2.05) is 12.1 Å². The fraction of sp³-hybridized carbons (Fsp3) is 0.280. The Labute approximate surface area is 187 Å². The van der Waals surface area contributed by atoms with Gasteiger partial charge in [-0.2, -0.15) is 5.26 Å². The molecule has 3 heterocycles. The zero-order chi connectivity index (χ0) is 22.2. The first-order valence-electron chi connectivity index (χ1n) is 10.7. The van der Waals surface area contributed by atoms with Crippen molar-refractivity contribution in [2.45, 2.75) is 19.4 Å². The molecule has 2 aromatic carbocycles. The molecule has 1 atom stereocenters. The largest absolute Gasteiger partial charge is 0.432 e. The van der Waals surface area contributed by atoms with Gasteiger partial charge in [-0.15, -0.1) is 0 Å². The number of nitrogens with zero attached hydrogens (tertiary/aromatic N) is 6. The van der Waals surface area contributed by atoms with Gasteiger partial charge < -0.3 is 14.2 Å². The Morgan fingerprint density at radius 1 is 1.22 bits per heavy atom. The minimum atomic E-state index is 0.371. The van der Waals surface area contributed by atoms with Crippen LogP contribution >= 0.6 is 0 Å².